The van der Waals surface area contributed by atoms with E-state index in [-0.39, 0.29) is 5.76 Å². The molecule has 0 saturated carbocycles. The average Bonchev–Trinajstić information content (AvgIpc) is 2.83. The van der Waals surface area contributed by atoms with Gasteiger partial charge in [-0.25, -0.2) is 4.79 Å². The highest BCUT2D eigenvalue weighted by atomic mass is 32.1. The highest BCUT2D eigenvalue weighted by Crippen LogP contribution is 2.18. The molecule has 2 aromatic rings. The molecule has 5 heteroatoms. The maximum absolute atomic E-state index is 10.6. The van der Waals surface area contributed by atoms with Gasteiger partial charge in [0, 0.05) is 15.8 Å². The molecule has 4 nitrogen and oxygen atoms in total. The second-order valence-electron chi connectivity index (χ2n) is 3.33. The monoisotopic (exact) mass is 237 g/mol. The van der Waals surface area contributed by atoms with E-state index in [1.165, 1.54) is 15.8 Å². The Kier molecular flexibility index (Phi) is 2.96. The third-order valence-corrected chi connectivity index (χ3v) is 3.05. The van der Waals surface area contributed by atoms with Gasteiger partial charge in [-0.05, 0) is 25.1 Å². The average molecular weight is 237 g/mol. The molecule has 0 radical (unpaired) electrons. The minimum Gasteiger partial charge on any atom is -0.475 e. The van der Waals surface area contributed by atoms with Gasteiger partial charge in [-0.1, -0.05) is 0 Å². The smallest absolute Gasteiger partial charge is 0.371 e. The predicted octanol–water partition coefficient (Wildman–Crippen LogP) is 2.96. The first kappa shape index (κ1) is 10.8. The third kappa shape index (κ3) is 2.43. The Labute approximate surface area is 96.5 Å². The topological polar surface area (TPSA) is 62.5 Å². The molecule has 0 aliphatic carbocycles. The molecule has 2 rings (SSSR count). The van der Waals surface area contributed by atoms with Crippen molar-refractivity contribution in [1.29, 1.82) is 0 Å². The number of nitrogens with one attached hydrogen (secondary N) is 1. The molecule has 0 aliphatic heterocycles. The SMILES string of the molecule is Cc1ccc(CNc2ccc(C(=O)O)o2)s1. The molecule has 0 spiro atoms. The number of hydrogen-bond acceptors (Lipinski definition) is 4. The molecule has 0 atom stereocenters. The van der Waals surface area contributed by atoms with E-state index in [0.29, 0.717) is 12.4 Å². The molecule has 0 bridgehead atoms. The lowest BCUT2D eigenvalue weighted by atomic mass is 10.4. The number of hydrogen-bond donors (Lipinski definition) is 2. The molecule has 0 amide bonds. The lowest BCUT2D eigenvalue weighted by Crippen LogP contribution is -1.96. The van der Waals surface area contributed by atoms with E-state index in [1.807, 2.05) is 19.1 Å². The molecule has 2 heterocycles. The quantitative estimate of drug-likeness (QED) is 0.858. The lowest BCUT2D eigenvalue weighted by molar-refractivity contribution is 0.0663. The van der Waals surface area contributed by atoms with Gasteiger partial charge in [-0.2, -0.15) is 0 Å². The van der Waals surface area contributed by atoms with E-state index < -0.39 is 5.97 Å². The van der Waals surface area contributed by atoms with Gasteiger partial charge in [0.25, 0.3) is 0 Å². The summed E-state index contributed by atoms with van der Waals surface area (Å²) in [5.74, 6) is -0.631. The zero-order valence-corrected chi connectivity index (χ0v) is 9.50. The molecule has 2 N–H and O–H groups in total. The molecule has 0 aromatic carbocycles. The fraction of sp³-hybridized carbons (Fsp3) is 0.182. The number of rotatable bonds is 4. The normalized spacial score (nSPS) is 10.3. The third-order valence-electron chi connectivity index (χ3n) is 2.05. The summed E-state index contributed by atoms with van der Waals surface area (Å²) >= 11 is 1.70. The number of carboxylic acids is 1. The van der Waals surface area contributed by atoms with E-state index >= 15 is 0 Å². The number of thiophene rings is 1. The first-order valence-corrected chi connectivity index (χ1v) is 5.59. The fourth-order valence-corrected chi connectivity index (χ4v) is 2.13. The number of carboxylic acid groups (broad SMARTS) is 1. The standard InChI is InChI=1S/C11H11NO3S/c1-7-2-3-8(16-7)6-12-10-5-4-9(15-10)11(13)14/h2-5,12H,6H2,1H3,(H,13,14). The summed E-state index contributed by atoms with van der Waals surface area (Å²) in [6.45, 7) is 2.69. The Morgan fingerprint density at radius 3 is 2.81 bits per heavy atom. The highest BCUT2D eigenvalue weighted by molar-refractivity contribution is 7.11. The first-order valence-electron chi connectivity index (χ1n) is 4.77. The number of furan rings is 1. The van der Waals surface area contributed by atoms with Crippen molar-refractivity contribution in [2.45, 2.75) is 13.5 Å². The summed E-state index contributed by atoms with van der Waals surface area (Å²) in [5.41, 5.74) is 0. The van der Waals surface area contributed by atoms with E-state index in [9.17, 15) is 4.79 Å². The molecule has 16 heavy (non-hydrogen) atoms. The van der Waals surface area contributed by atoms with E-state index in [2.05, 4.69) is 5.32 Å². The second-order valence-corrected chi connectivity index (χ2v) is 4.71. The van der Waals surface area contributed by atoms with Crippen LogP contribution in [0.5, 0.6) is 0 Å². The molecule has 2 aromatic heterocycles. The van der Waals surface area contributed by atoms with Gasteiger partial charge in [-0.15, -0.1) is 11.3 Å². The summed E-state index contributed by atoms with van der Waals surface area (Å²) in [4.78, 5) is 13.0. The van der Waals surface area contributed by atoms with Crippen LogP contribution in [0.4, 0.5) is 5.88 Å². The van der Waals surface area contributed by atoms with Crippen molar-refractivity contribution >= 4 is 23.2 Å². The van der Waals surface area contributed by atoms with Crippen LogP contribution in [0.1, 0.15) is 20.3 Å². The fourth-order valence-electron chi connectivity index (χ4n) is 1.30. The van der Waals surface area contributed by atoms with Crippen molar-refractivity contribution in [2.24, 2.45) is 0 Å². The van der Waals surface area contributed by atoms with Crippen molar-refractivity contribution in [3.63, 3.8) is 0 Å². The minimum atomic E-state index is -1.06. The van der Waals surface area contributed by atoms with Gasteiger partial charge in [0.05, 0.1) is 6.54 Å². The Balaban J connectivity index is 1.97. The molecular weight excluding hydrogens is 226 g/mol. The van der Waals surface area contributed by atoms with Crippen LogP contribution in [-0.4, -0.2) is 11.1 Å². The van der Waals surface area contributed by atoms with Crippen molar-refractivity contribution in [2.75, 3.05) is 5.32 Å². The van der Waals surface area contributed by atoms with Gasteiger partial charge >= 0.3 is 5.97 Å². The van der Waals surface area contributed by atoms with Gasteiger partial charge in [0.15, 0.2) is 5.88 Å². The highest BCUT2D eigenvalue weighted by Gasteiger charge is 2.08. The summed E-state index contributed by atoms with van der Waals surface area (Å²) in [7, 11) is 0. The summed E-state index contributed by atoms with van der Waals surface area (Å²) in [6, 6.07) is 7.13. The summed E-state index contributed by atoms with van der Waals surface area (Å²) in [6.07, 6.45) is 0. The first-order chi connectivity index (χ1) is 7.65. The maximum Gasteiger partial charge on any atom is 0.371 e. The van der Waals surface area contributed by atoms with E-state index in [1.54, 1.807) is 17.4 Å². The second kappa shape index (κ2) is 4.40. The van der Waals surface area contributed by atoms with E-state index in [4.69, 9.17) is 9.52 Å². The molecule has 0 saturated heterocycles. The van der Waals surface area contributed by atoms with Crippen molar-refractivity contribution in [1.82, 2.24) is 0 Å². The van der Waals surface area contributed by atoms with Gasteiger partial charge in [0.2, 0.25) is 5.76 Å². The number of aromatic carboxylic acids is 1. The largest absolute Gasteiger partial charge is 0.475 e. The van der Waals surface area contributed by atoms with Crippen molar-refractivity contribution in [3.8, 4) is 0 Å². The zero-order valence-electron chi connectivity index (χ0n) is 8.69. The Morgan fingerprint density at radius 2 is 2.25 bits per heavy atom. The van der Waals surface area contributed by atoms with Gasteiger partial charge in [-0.3, -0.25) is 0 Å². The van der Waals surface area contributed by atoms with Crippen LogP contribution in [0.2, 0.25) is 0 Å². The number of anilines is 1. The summed E-state index contributed by atoms with van der Waals surface area (Å²) in [5, 5.41) is 11.7. The van der Waals surface area contributed by atoms with Crippen LogP contribution >= 0.6 is 11.3 Å². The molecule has 84 valence electrons. The molecular formula is C11H11NO3S. The van der Waals surface area contributed by atoms with Crippen LogP contribution in [0.25, 0.3) is 0 Å². The van der Waals surface area contributed by atoms with Gasteiger partial charge in [0.1, 0.15) is 0 Å². The van der Waals surface area contributed by atoms with Gasteiger partial charge < -0.3 is 14.8 Å². The molecule has 0 unspecified atom stereocenters. The minimum absolute atomic E-state index is 0.0511. The Bertz CT molecular complexity index is 501. The maximum atomic E-state index is 10.6. The van der Waals surface area contributed by atoms with Crippen LogP contribution in [0, 0.1) is 6.92 Å². The van der Waals surface area contributed by atoms with Crippen molar-refractivity contribution < 1.29 is 14.3 Å². The van der Waals surface area contributed by atoms with Crippen LogP contribution in [0.3, 0.4) is 0 Å². The lowest BCUT2D eigenvalue weighted by Gasteiger charge is -1.99. The Morgan fingerprint density at radius 1 is 1.44 bits per heavy atom. The Hall–Kier alpha value is -1.75. The van der Waals surface area contributed by atoms with Crippen LogP contribution in [0.15, 0.2) is 28.7 Å². The molecule has 0 fully saturated rings. The van der Waals surface area contributed by atoms with Crippen molar-refractivity contribution in [3.05, 3.63) is 39.8 Å². The van der Waals surface area contributed by atoms with E-state index in [0.717, 1.165) is 0 Å². The number of aryl methyl sites for hydroxylation is 1. The van der Waals surface area contributed by atoms with Crippen LogP contribution in [-0.2, 0) is 6.54 Å². The summed E-state index contributed by atoms with van der Waals surface area (Å²) < 4.78 is 5.07. The number of carbonyl (C=O) groups is 1. The predicted molar refractivity (Wildman–Crippen MR) is 62.1 cm³/mol. The zero-order chi connectivity index (χ0) is 11.5. The molecule has 0 aliphatic rings. The van der Waals surface area contributed by atoms with Crippen LogP contribution < -0.4 is 5.32 Å².